The quantitative estimate of drug-likeness (QED) is 0.632. The summed E-state index contributed by atoms with van der Waals surface area (Å²) in [5.74, 6) is -0.0430. The van der Waals surface area contributed by atoms with E-state index in [0.29, 0.717) is 6.61 Å². The van der Waals surface area contributed by atoms with Gasteiger partial charge in [-0.2, -0.15) is 0 Å². The fourth-order valence-electron chi connectivity index (χ4n) is 1.56. The molecule has 0 aliphatic carbocycles. The van der Waals surface area contributed by atoms with E-state index in [1.165, 1.54) is 0 Å². The Morgan fingerprint density at radius 2 is 2.33 bits per heavy atom. The SMILES string of the molecule is CC(C)(N)CC1CCCOC1=O. The van der Waals surface area contributed by atoms with Crippen molar-refractivity contribution in [3.05, 3.63) is 0 Å². The second kappa shape index (κ2) is 3.44. The lowest BCUT2D eigenvalue weighted by atomic mass is 9.87. The van der Waals surface area contributed by atoms with Gasteiger partial charge in [-0.1, -0.05) is 0 Å². The van der Waals surface area contributed by atoms with Crippen molar-refractivity contribution < 1.29 is 9.53 Å². The minimum absolute atomic E-state index is 0.0266. The van der Waals surface area contributed by atoms with E-state index in [4.69, 9.17) is 10.5 Å². The molecule has 0 aromatic rings. The predicted molar refractivity (Wildman–Crippen MR) is 46.6 cm³/mol. The number of hydrogen-bond acceptors (Lipinski definition) is 3. The summed E-state index contributed by atoms with van der Waals surface area (Å²) in [7, 11) is 0. The fourth-order valence-corrected chi connectivity index (χ4v) is 1.56. The van der Waals surface area contributed by atoms with Gasteiger partial charge in [0.2, 0.25) is 0 Å². The van der Waals surface area contributed by atoms with Crippen LogP contribution in [0.2, 0.25) is 0 Å². The topological polar surface area (TPSA) is 52.3 Å². The second-order valence-corrected chi connectivity index (χ2v) is 4.20. The van der Waals surface area contributed by atoms with Crippen LogP contribution in [0.15, 0.2) is 0 Å². The Labute approximate surface area is 73.3 Å². The van der Waals surface area contributed by atoms with Crippen LogP contribution in [0.4, 0.5) is 0 Å². The van der Waals surface area contributed by atoms with Crippen molar-refractivity contribution in [1.82, 2.24) is 0 Å². The summed E-state index contributed by atoms with van der Waals surface area (Å²) in [6, 6.07) is 0. The number of cyclic esters (lactones) is 1. The average molecular weight is 171 g/mol. The van der Waals surface area contributed by atoms with Crippen molar-refractivity contribution in [2.24, 2.45) is 11.7 Å². The fraction of sp³-hybridized carbons (Fsp3) is 0.889. The number of rotatable bonds is 2. The molecule has 0 amide bonds. The number of carbonyl (C=O) groups excluding carboxylic acids is 1. The maximum Gasteiger partial charge on any atom is 0.308 e. The maximum atomic E-state index is 11.2. The zero-order valence-corrected chi connectivity index (χ0v) is 7.80. The van der Waals surface area contributed by atoms with Crippen LogP contribution in [0, 0.1) is 5.92 Å². The number of esters is 1. The highest BCUT2D eigenvalue weighted by atomic mass is 16.5. The number of carbonyl (C=O) groups is 1. The lowest BCUT2D eigenvalue weighted by Gasteiger charge is -2.27. The summed E-state index contributed by atoms with van der Waals surface area (Å²) in [5, 5.41) is 0. The first-order valence-electron chi connectivity index (χ1n) is 4.44. The number of hydrogen-bond donors (Lipinski definition) is 1. The Morgan fingerprint density at radius 1 is 1.67 bits per heavy atom. The zero-order chi connectivity index (χ0) is 9.19. The number of nitrogens with two attached hydrogens (primary N) is 1. The summed E-state index contributed by atoms with van der Waals surface area (Å²) in [5.41, 5.74) is 5.56. The highest BCUT2D eigenvalue weighted by molar-refractivity contribution is 5.73. The van der Waals surface area contributed by atoms with Crippen molar-refractivity contribution in [2.45, 2.75) is 38.6 Å². The van der Waals surface area contributed by atoms with Crippen molar-refractivity contribution >= 4 is 5.97 Å². The molecule has 1 saturated heterocycles. The summed E-state index contributed by atoms with van der Waals surface area (Å²) in [6.07, 6.45) is 2.64. The third kappa shape index (κ3) is 2.81. The molecule has 0 spiro atoms. The van der Waals surface area contributed by atoms with Crippen molar-refractivity contribution in [3.8, 4) is 0 Å². The Kier molecular flexibility index (Phi) is 2.73. The molecule has 1 atom stereocenters. The van der Waals surface area contributed by atoms with Gasteiger partial charge in [-0.05, 0) is 33.1 Å². The molecule has 0 aromatic heterocycles. The van der Waals surface area contributed by atoms with Gasteiger partial charge in [-0.25, -0.2) is 0 Å². The first-order valence-corrected chi connectivity index (χ1v) is 4.44. The highest BCUT2D eigenvalue weighted by Crippen LogP contribution is 2.23. The summed E-state index contributed by atoms with van der Waals surface area (Å²) >= 11 is 0. The maximum absolute atomic E-state index is 11.2. The molecule has 1 fully saturated rings. The van der Waals surface area contributed by atoms with Crippen molar-refractivity contribution in [1.29, 1.82) is 0 Å². The molecule has 0 aromatic carbocycles. The molecule has 3 heteroatoms. The van der Waals surface area contributed by atoms with Crippen molar-refractivity contribution in [2.75, 3.05) is 6.61 Å². The normalized spacial score (nSPS) is 25.2. The largest absolute Gasteiger partial charge is 0.465 e. The van der Waals surface area contributed by atoms with Crippen LogP contribution in [0.5, 0.6) is 0 Å². The molecule has 0 radical (unpaired) electrons. The molecule has 0 saturated carbocycles. The van der Waals surface area contributed by atoms with E-state index in [1.54, 1.807) is 0 Å². The van der Waals surface area contributed by atoms with Gasteiger partial charge in [-0.3, -0.25) is 4.79 Å². The third-order valence-electron chi connectivity index (χ3n) is 2.05. The molecule has 1 aliphatic heterocycles. The van der Waals surface area contributed by atoms with Gasteiger partial charge in [-0.15, -0.1) is 0 Å². The molecule has 1 rings (SSSR count). The summed E-state index contributed by atoms with van der Waals surface area (Å²) < 4.78 is 4.94. The van der Waals surface area contributed by atoms with Gasteiger partial charge in [0.1, 0.15) is 0 Å². The summed E-state index contributed by atoms with van der Waals surface area (Å²) in [4.78, 5) is 11.2. The van der Waals surface area contributed by atoms with Crippen LogP contribution in [-0.2, 0) is 9.53 Å². The smallest absolute Gasteiger partial charge is 0.308 e. The van der Waals surface area contributed by atoms with Crippen LogP contribution in [0.3, 0.4) is 0 Å². The van der Waals surface area contributed by atoms with E-state index in [1.807, 2.05) is 13.8 Å². The predicted octanol–water partition coefficient (Wildman–Crippen LogP) is 1.07. The first-order chi connectivity index (χ1) is 5.49. The first kappa shape index (κ1) is 9.52. The van der Waals surface area contributed by atoms with Gasteiger partial charge < -0.3 is 10.5 Å². The second-order valence-electron chi connectivity index (χ2n) is 4.20. The van der Waals surface area contributed by atoms with Crippen LogP contribution >= 0.6 is 0 Å². The lowest BCUT2D eigenvalue weighted by Crippen LogP contribution is -2.38. The van der Waals surface area contributed by atoms with Crippen LogP contribution in [-0.4, -0.2) is 18.1 Å². The minimum atomic E-state index is -0.263. The molecular formula is C9H17NO2. The van der Waals surface area contributed by atoms with E-state index in [0.717, 1.165) is 19.3 Å². The number of ether oxygens (including phenoxy) is 1. The molecule has 3 nitrogen and oxygen atoms in total. The zero-order valence-electron chi connectivity index (χ0n) is 7.80. The molecule has 2 N–H and O–H groups in total. The van der Waals surface area contributed by atoms with E-state index in [2.05, 4.69) is 0 Å². The van der Waals surface area contributed by atoms with Gasteiger partial charge in [0.25, 0.3) is 0 Å². The van der Waals surface area contributed by atoms with Gasteiger partial charge in [0.05, 0.1) is 12.5 Å². The molecule has 70 valence electrons. The molecule has 12 heavy (non-hydrogen) atoms. The Morgan fingerprint density at radius 3 is 2.83 bits per heavy atom. The molecule has 0 bridgehead atoms. The van der Waals surface area contributed by atoms with Gasteiger partial charge in [0, 0.05) is 5.54 Å². The summed E-state index contributed by atoms with van der Waals surface area (Å²) in [6.45, 7) is 4.46. The highest BCUT2D eigenvalue weighted by Gasteiger charge is 2.28. The van der Waals surface area contributed by atoms with E-state index < -0.39 is 0 Å². The van der Waals surface area contributed by atoms with Gasteiger partial charge >= 0.3 is 5.97 Å². The van der Waals surface area contributed by atoms with E-state index >= 15 is 0 Å². The monoisotopic (exact) mass is 171 g/mol. The third-order valence-corrected chi connectivity index (χ3v) is 2.05. The standard InChI is InChI=1S/C9H17NO2/c1-9(2,10)6-7-4-3-5-12-8(7)11/h7H,3-6,10H2,1-2H3. The average Bonchev–Trinajstić information content (AvgIpc) is 1.91. The molecular weight excluding hydrogens is 154 g/mol. The van der Waals surface area contributed by atoms with Crippen LogP contribution < -0.4 is 5.73 Å². The Bertz CT molecular complexity index is 172. The van der Waals surface area contributed by atoms with Crippen molar-refractivity contribution in [3.63, 3.8) is 0 Å². The van der Waals surface area contributed by atoms with E-state index in [-0.39, 0.29) is 17.4 Å². The Balaban J connectivity index is 2.45. The molecule has 1 heterocycles. The van der Waals surface area contributed by atoms with Crippen LogP contribution in [0.25, 0.3) is 0 Å². The van der Waals surface area contributed by atoms with Crippen LogP contribution in [0.1, 0.15) is 33.1 Å². The molecule has 1 aliphatic rings. The Hall–Kier alpha value is -0.570. The van der Waals surface area contributed by atoms with E-state index in [9.17, 15) is 4.79 Å². The lowest BCUT2D eigenvalue weighted by molar-refractivity contribution is -0.153. The minimum Gasteiger partial charge on any atom is -0.465 e. The van der Waals surface area contributed by atoms with Gasteiger partial charge in [0.15, 0.2) is 0 Å². The molecule has 1 unspecified atom stereocenters.